The molecule has 0 spiro atoms. The third-order valence-electron chi connectivity index (χ3n) is 8.49. The van der Waals surface area contributed by atoms with E-state index >= 15 is 0 Å². The second-order valence-electron chi connectivity index (χ2n) is 15.3. The molecule has 0 radical (unpaired) electrons. The number of piperidine rings is 1. The molecule has 2 aliphatic rings. The van der Waals surface area contributed by atoms with Crippen molar-refractivity contribution in [1.29, 1.82) is 0 Å². The molecule has 0 saturated carbocycles. The lowest BCUT2D eigenvalue weighted by atomic mass is 9.93. The lowest BCUT2D eigenvalue weighted by Gasteiger charge is -2.40. The Balaban J connectivity index is 1.43. The molecule has 0 aromatic carbocycles. The predicted octanol–water partition coefficient (Wildman–Crippen LogP) is 6.71. The molecule has 5 heterocycles. The number of aromatic nitrogens is 2. The van der Waals surface area contributed by atoms with Gasteiger partial charge in [0.25, 0.3) is 5.91 Å². The van der Waals surface area contributed by atoms with Gasteiger partial charge in [0, 0.05) is 51.7 Å². The van der Waals surface area contributed by atoms with E-state index in [4.69, 9.17) is 18.6 Å². The number of alkyl carbamates (subject to hydrolysis) is 1. The minimum atomic E-state index is -4.56. The molecule has 2 saturated heterocycles. The van der Waals surface area contributed by atoms with Gasteiger partial charge in [-0.1, -0.05) is 0 Å². The summed E-state index contributed by atoms with van der Waals surface area (Å²) in [6.45, 7) is 14.3. The van der Waals surface area contributed by atoms with E-state index in [9.17, 15) is 27.6 Å². The highest BCUT2D eigenvalue weighted by atomic mass is 19.4. The second-order valence-corrected chi connectivity index (χ2v) is 15.3. The smallest absolute Gasteiger partial charge is 0.414 e. The van der Waals surface area contributed by atoms with Gasteiger partial charge < -0.3 is 34.2 Å². The number of alkyl halides is 3. The number of carbonyl (C=O) groups excluding carboxylic acids is 3. The molecule has 17 heteroatoms. The van der Waals surface area contributed by atoms with Crippen LogP contribution in [0.4, 0.5) is 40.0 Å². The minimum absolute atomic E-state index is 0.00847. The van der Waals surface area contributed by atoms with Crippen molar-refractivity contribution in [3.05, 3.63) is 41.9 Å². The first-order valence-electron chi connectivity index (χ1n) is 17.6. The summed E-state index contributed by atoms with van der Waals surface area (Å²) >= 11 is 0. The first-order chi connectivity index (χ1) is 24.8. The monoisotopic (exact) mass is 747 g/mol. The molecule has 1 unspecified atom stereocenters. The fourth-order valence-electron chi connectivity index (χ4n) is 6.43. The second kappa shape index (κ2) is 15.8. The third kappa shape index (κ3) is 10.7. The van der Waals surface area contributed by atoms with Crippen molar-refractivity contribution in [3.8, 4) is 0 Å². The standard InChI is InChI=1S/C36H48F3N7O7/c1-8-50-24-10-12-45(20-24)17-21-13-27-29(41-15-21)28(31(51-27)44-33(49)53-35(5,6)7)30(47)43-25-16-40-11-9-26(25)46-18-22(36(37,38)39)14-23(19-46)42-32(48)52-34(2,3)4/h9,11,13,15-16,22-24H,8,10,12,14,17-20H2,1-7H3,(H,42,48)(H,43,47)(H,44,49)/t22-,23+,24?/m1/s1. The zero-order valence-corrected chi connectivity index (χ0v) is 31.1. The van der Waals surface area contributed by atoms with E-state index in [1.165, 1.54) is 23.4 Å². The average molecular weight is 748 g/mol. The number of rotatable bonds is 9. The van der Waals surface area contributed by atoms with Crippen LogP contribution in [0.2, 0.25) is 0 Å². The van der Waals surface area contributed by atoms with Crippen molar-refractivity contribution >= 4 is 46.5 Å². The maximum Gasteiger partial charge on any atom is 0.414 e. The highest BCUT2D eigenvalue weighted by molar-refractivity contribution is 6.16. The van der Waals surface area contributed by atoms with E-state index in [0.717, 1.165) is 25.1 Å². The van der Waals surface area contributed by atoms with Gasteiger partial charge in [0.2, 0.25) is 5.88 Å². The molecule has 3 aromatic rings. The van der Waals surface area contributed by atoms with Crippen LogP contribution < -0.4 is 20.9 Å². The Morgan fingerprint density at radius 3 is 2.38 bits per heavy atom. The van der Waals surface area contributed by atoms with Crippen LogP contribution in [-0.4, -0.2) is 95.3 Å². The van der Waals surface area contributed by atoms with Crippen LogP contribution in [0.1, 0.15) is 77.2 Å². The number of amides is 3. The van der Waals surface area contributed by atoms with Crippen molar-refractivity contribution in [2.45, 2.75) is 97.4 Å². The Labute approximate surface area is 306 Å². The van der Waals surface area contributed by atoms with E-state index < -0.39 is 54.0 Å². The van der Waals surface area contributed by atoms with Crippen molar-refractivity contribution in [2.24, 2.45) is 5.92 Å². The average Bonchev–Trinajstić information content (AvgIpc) is 3.62. The molecule has 3 atom stereocenters. The van der Waals surface area contributed by atoms with Gasteiger partial charge in [0.15, 0.2) is 5.58 Å². The fourth-order valence-corrected chi connectivity index (χ4v) is 6.43. The molecule has 2 fully saturated rings. The summed E-state index contributed by atoms with van der Waals surface area (Å²) in [4.78, 5) is 51.8. The Hall–Kier alpha value is -4.64. The molecule has 3 N–H and O–H groups in total. The number of nitrogens with one attached hydrogen (secondary N) is 3. The van der Waals surface area contributed by atoms with Crippen molar-refractivity contribution in [2.75, 3.05) is 48.3 Å². The van der Waals surface area contributed by atoms with Gasteiger partial charge in [-0.3, -0.25) is 25.0 Å². The van der Waals surface area contributed by atoms with Gasteiger partial charge in [0.1, 0.15) is 22.3 Å². The summed E-state index contributed by atoms with van der Waals surface area (Å²) in [5.74, 6) is -2.79. The molecule has 2 aliphatic heterocycles. The highest BCUT2D eigenvalue weighted by Gasteiger charge is 2.45. The normalized spacial score (nSPS) is 20.0. The minimum Gasteiger partial charge on any atom is -0.444 e. The Morgan fingerprint density at radius 2 is 1.70 bits per heavy atom. The molecule has 290 valence electrons. The third-order valence-corrected chi connectivity index (χ3v) is 8.49. The molecule has 3 amide bonds. The molecule has 3 aromatic heterocycles. The number of likely N-dealkylation sites (tertiary alicyclic amines) is 1. The van der Waals surface area contributed by atoms with Gasteiger partial charge in [-0.05, 0) is 79.0 Å². The van der Waals surface area contributed by atoms with Crippen LogP contribution in [0, 0.1) is 5.92 Å². The van der Waals surface area contributed by atoms with E-state index in [1.54, 1.807) is 53.8 Å². The summed E-state index contributed by atoms with van der Waals surface area (Å²) < 4.78 is 65.0. The van der Waals surface area contributed by atoms with Gasteiger partial charge in [-0.2, -0.15) is 13.2 Å². The van der Waals surface area contributed by atoms with E-state index in [0.29, 0.717) is 13.2 Å². The predicted molar refractivity (Wildman–Crippen MR) is 191 cm³/mol. The zero-order chi connectivity index (χ0) is 38.7. The quantitative estimate of drug-likeness (QED) is 0.213. The number of hydrogen-bond donors (Lipinski definition) is 3. The number of pyridine rings is 2. The molecule has 53 heavy (non-hydrogen) atoms. The number of furan rings is 1. The summed E-state index contributed by atoms with van der Waals surface area (Å²) in [6, 6.07) is 2.30. The van der Waals surface area contributed by atoms with Gasteiger partial charge in [-0.15, -0.1) is 0 Å². The fraction of sp³-hybridized carbons (Fsp3) is 0.583. The van der Waals surface area contributed by atoms with Gasteiger partial charge in [0.05, 0.1) is 35.6 Å². The molecule has 14 nitrogen and oxygen atoms in total. The number of nitrogens with zero attached hydrogens (tertiary/aromatic N) is 4. The number of carbonyl (C=O) groups is 3. The number of hydrogen-bond acceptors (Lipinski definition) is 11. The summed E-state index contributed by atoms with van der Waals surface area (Å²) in [5.41, 5.74) is -0.325. The maximum atomic E-state index is 14.2. The summed E-state index contributed by atoms with van der Waals surface area (Å²) in [5, 5.41) is 7.83. The number of halogens is 3. The lowest BCUT2D eigenvalue weighted by Crippen LogP contribution is -2.54. The van der Waals surface area contributed by atoms with Crippen molar-refractivity contribution < 1.29 is 46.2 Å². The van der Waals surface area contributed by atoms with Crippen molar-refractivity contribution in [1.82, 2.24) is 20.2 Å². The van der Waals surface area contributed by atoms with Crippen molar-refractivity contribution in [3.63, 3.8) is 0 Å². The van der Waals surface area contributed by atoms with Crippen LogP contribution in [-0.2, 0) is 20.8 Å². The summed E-state index contributed by atoms with van der Waals surface area (Å²) in [7, 11) is 0. The molecule has 0 aliphatic carbocycles. The van der Waals surface area contributed by atoms with Crippen LogP contribution in [0.15, 0.2) is 35.1 Å². The van der Waals surface area contributed by atoms with Crippen LogP contribution >= 0.6 is 0 Å². The largest absolute Gasteiger partial charge is 0.444 e. The maximum absolute atomic E-state index is 14.2. The first-order valence-corrected chi connectivity index (χ1v) is 17.6. The number of ether oxygens (including phenoxy) is 3. The number of fused-ring (bicyclic) bond motifs is 1. The molecule has 0 bridgehead atoms. The molecular weight excluding hydrogens is 699 g/mol. The van der Waals surface area contributed by atoms with E-state index in [1.807, 2.05) is 6.92 Å². The van der Waals surface area contributed by atoms with Crippen LogP contribution in [0.5, 0.6) is 0 Å². The topological polar surface area (TPSA) is 160 Å². The van der Waals surface area contributed by atoms with Crippen LogP contribution in [0.25, 0.3) is 11.1 Å². The molecule has 5 rings (SSSR count). The van der Waals surface area contributed by atoms with E-state index in [-0.39, 0.29) is 53.0 Å². The SMILES string of the molecule is CCOC1CCN(Cc2cnc3c(C(=O)Nc4cnccc4N4C[C@@H](NC(=O)OC(C)(C)C)C[C@@H](C(F)(F)F)C4)c(NC(=O)OC(C)(C)C)oc3c2)C1. The Kier molecular flexibility index (Phi) is 11.8. The first kappa shape index (κ1) is 39.6. The molecular formula is C36H48F3N7O7. The Morgan fingerprint density at radius 1 is 0.981 bits per heavy atom. The van der Waals surface area contributed by atoms with Gasteiger partial charge in [-0.25, -0.2) is 9.59 Å². The number of anilines is 3. The lowest BCUT2D eigenvalue weighted by molar-refractivity contribution is -0.177. The van der Waals surface area contributed by atoms with Gasteiger partial charge >= 0.3 is 18.4 Å². The Bertz CT molecular complexity index is 1790. The van der Waals surface area contributed by atoms with E-state index in [2.05, 4.69) is 30.8 Å². The summed E-state index contributed by atoms with van der Waals surface area (Å²) in [6.07, 6.45) is -1.26. The van der Waals surface area contributed by atoms with Crippen LogP contribution in [0.3, 0.4) is 0 Å². The zero-order valence-electron chi connectivity index (χ0n) is 31.1. The highest BCUT2D eigenvalue weighted by Crippen LogP contribution is 2.38.